The summed E-state index contributed by atoms with van der Waals surface area (Å²) in [6.45, 7) is 0. The molecule has 0 aliphatic heterocycles. The van der Waals surface area contributed by atoms with E-state index in [1.54, 1.807) is 11.3 Å². The Morgan fingerprint density at radius 3 is 2.73 bits per heavy atom. The van der Waals surface area contributed by atoms with E-state index in [4.69, 9.17) is 34.8 Å². The van der Waals surface area contributed by atoms with Crippen molar-refractivity contribution in [3.05, 3.63) is 49.9 Å². The van der Waals surface area contributed by atoms with Gasteiger partial charge in [0.2, 0.25) is 0 Å². The van der Waals surface area contributed by atoms with E-state index < -0.39 is 5.91 Å². The third kappa shape index (κ3) is 3.11. The number of nitrogens with one attached hydrogen (secondary N) is 1. The summed E-state index contributed by atoms with van der Waals surface area (Å²) in [4.78, 5) is 21.5. The SMILES string of the molecule is O=C(Nc1nc(-c2cccs2)cs1)c1ncc(Cl)c(Cl)c1Cl. The number of rotatable bonds is 3. The van der Waals surface area contributed by atoms with Gasteiger partial charge in [0.25, 0.3) is 5.91 Å². The molecule has 0 spiro atoms. The minimum atomic E-state index is -0.490. The predicted molar refractivity (Wildman–Crippen MR) is 92.6 cm³/mol. The van der Waals surface area contributed by atoms with Crippen molar-refractivity contribution < 1.29 is 4.79 Å². The quantitative estimate of drug-likeness (QED) is 0.644. The molecule has 0 fully saturated rings. The van der Waals surface area contributed by atoms with Crippen LogP contribution >= 0.6 is 57.5 Å². The molecule has 4 nitrogen and oxygen atoms in total. The zero-order valence-electron chi connectivity index (χ0n) is 10.6. The topological polar surface area (TPSA) is 54.9 Å². The van der Waals surface area contributed by atoms with Crippen molar-refractivity contribution in [2.24, 2.45) is 0 Å². The lowest BCUT2D eigenvalue weighted by atomic mass is 10.3. The minimum Gasteiger partial charge on any atom is -0.296 e. The maximum Gasteiger partial charge on any atom is 0.277 e. The molecule has 3 heterocycles. The van der Waals surface area contributed by atoms with Crippen molar-refractivity contribution in [1.82, 2.24) is 9.97 Å². The van der Waals surface area contributed by atoms with Crippen LogP contribution in [0.25, 0.3) is 10.6 Å². The monoisotopic (exact) mass is 389 g/mol. The Bertz CT molecular complexity index is 833. The van der Waals surface area contributed by atoms with Gasteiger partial charge in [-0.2, -0.15) is 0 Å². The number of aromatic nitrogens is 2. The average molecular weight is 391 g/mol. The molecule has 22 heavy (non-hydrogen) atoms. The molecule has 1 amide bonds. The number of nitrogens with zero attached hydrogens (tertiary/aromatic N) is 2. The second-order valence-electron chi connectivity index (χ2n) is 4.05. The Labute approximate surface area is 148 Å². The molecule has 0 aliphatic rings. The first-order valence-electron chi connectivity index (χ1n) is 5.86. The summed E-state index contributed by atoms with van der Waals surface area (Å²) in [5, 5.41) is 7.25. The molecule has 0 radical (unpaired) electrons. The largest absolute Gasteiger partial charge is 0.296 e. The smallest absolute Gasteiger partial charge is 0.277 e. The molecule has 112 valence electrons. The molecular weight excluding hydrogens is 385 g/mol. The van der Waals surface area contributed by atoms with Crippen molar-refractivity contribution in [1.29, 1.82) is 0 Å². The zero-order chi connectivity index (χ0) is 15.7. The maximum absolute atomic E-state index is 12.2. The van der Waals surface area contributed by atoms with Crippen LogP contribution in [0.15, 0.2) is 29.1 Å². The number of anilines is 1. The summed E-state index contributed by atoms with van der Waals surface area (Å²) in [6, 6.07) is 3.90. The molecule has 3 rings (SSSR count). The van der Waals surface area contributed by atoms with Crippen LogP contribution in [0.2, 0.25) is 15.1 Å². The fourth-order valence-electron chi connectivity index (χ4n) is 1.63. The van der Waals surface area contributed by atoms with Gasteiger partial charge in [-0.1, -0.05) is 40.9 Å². The highest BCUT2D eigenvalue weighted by Gasteiger charge is 2.18. The Hall–Kier alpha value is -1.18. The van der Waals surface area contributed by atoms with E-state index >= 15 is 0 Å². The van der Waals surface area contributed by atoms with Gasteiger partial charge in [-0.3, -0.25) is 10.1 Å². The van der Waals surface area contributed by atoms with Gasteiger partial charge in [0.1, 0.15) is 5.69 Å². The van der Waals surface area contributed by atoms with Crippen LogP contribution in [0.3, 0.4) is 0 Å². The van der Waals surface area contributed by atoms with Gasteiger partial charge in [0.05, 0.1) is 25.6 Å². The highest BCUT2D eigenvalue weighted by molar-refractivity contribution is 7.16. The van der Waals surface area contributed by atoms with Gasteiger partial charge >= 0.3 is 0 Å². The molecular formula is C13H6Cl3N3OS2. The van der Waals surface area contributed by atoms with Crippen LogP contribution in [0.4, 0.5) is 5.13 Å². The summed E-state index contributed by atoms with van der Waals surface area (Å²) in [7, 11) is 0. The van der Waals surface area contributed by atoms with E-state index in [0.717, 1.165) is 10.6 Å². The second kappa shape index (κ2) is 6.52. The third-order valence-corrected chi connectivity index (χ3v) is 5.52. The average Bonchev–Trinajstić information content (AvgIpc) is 3.15. The minimum absolute atomic E-state index is 0.00365. The number of thiazole rings is 1. The van der Waals surface area contributed by atoms with Crippen LogP contribution < -0.4 is 5.32 Å². The second-order valence-corrected chi connectivity index (χ2v) is 7.02. The van der Waals surface area contributed by atoms with Crippen LogP contribution in [-0.4, -0.2) is 15.9 Å². The summed E-state index contributed by atoms with van der Waals surface area (Å²) >= 11 is 20.6. The number of hydrogen-bond donors (Lipinski definition) is 1. The molecule has 0 aliphatic carbocycles. The van der Waals surface area contributed by atoms with Crippen LogP contribution in [0.5, 0.6) is 0 Å². The first-order valence-corrected chi connectivity index (χ1v) is 8.76. The van der Waals surface area contributed by atoms with Crippen LogP contribution in [0.1, 0.15) is 10.5 Å². The molecule has 0 saturated heterocycles. The van der Waals surface area contributed by atoms with E-state index in [1.165, 1.54) is 17.5 Å². The fraction of sp³-hybridized carbons (Fsp3) is 0. The molecule has 0 unspecified atom stereocenters. The van der Waals surface area contributed by atoms with Gasteiger partial charge in [-0.05, 0) is 11.4 Å². The lowest BCUT2D eigenvalue weighted by Gasteiger charge is -2.05. The lowest BCUT2D eigenvalue weighted by Crippen LogP contribution is -2.14. The highest BCUT2D eigenvalue weighted by Crippen LogP contribution is 2.32. The Morgan fingerprint density at radius 2 is 2.00 bits per heavy atom. The van der Waals surface area contributed by atoms with Crippen LogP contribution in [-0.2, 0) is 0 Å². The lowest BCUT2D eigenvalue weighted by molar-refractivity contribution is 0.102. The molecule has 0 saturated carbocycles. The predicted octanol–water partition coefficient (Wildman–Crippen LogP) is 5.48. The summed E-state index contributed by atoms with van der Waals surface area (Å²) in [6.07, 6.45) is 1.28. The van der Waals surface area contributed by atoms with Crippen LogP contribution in [0, 0.1) is 0 Å². The number of amides is 1. The summed E-state index contributed by atoms with van der Waals surface area (Å²) in [5.74, 6) is -0.490. The number of hydrogen-bond acceptors (Lipinski definition) is 5. The molecule has 3 aromatic rings. The van der Waals surface area contributed by atoms with E-state index in [2.05, 4.69) is 15.3 Å². The summed E-state index contributed by atoms with van der Waals surface area (Å²) in [5.41, 5.74) is 0.812. The van der Waals surface area contributed by atoms with Gasteiger partial charge in [-0.15, -0.1) is 22.7 Å². The third-order valence-electron chi connectivity index (χ3n) is 2.63. The maximum atomic E-state index is 12.2. The van der Waals surface area contributed by atoms with Gasteiger partial charge < -0.3 is 0 Å². The van der Waals surface area contributed by atoms with Crippen molar-refractivity contribution in [2.75, 3.05) is 5.32 Å². The summed E-state index contributed by atoms with van der Waals surface area (Å²) < 4.78 is 0. The van der Waals surface area contributed by atoms with Gasteiger partial charge in [0.15, 0.2) is 5.13 Å². The number of thiophene rings is 1. The Kier molecular flexibility index (Phi) is 4.65. The first-order chi connectivity index (χ1) is 10.6. The Morgan fingerprint density at radius 1 is 1.18 bits per heavy atom. The van der Waals surface area contributed by atoms with E-state index in [9.17, 15) is 4.79 Å². The van der Waals surface area contributed by atoms with Crippen molar-refractivity contribution in [3.8, 4) is 10.6 Å². The number of carbonyl (C=O) groups excluding carboxylic acids is 1. The Balaban J connectivity index is 1.82. The molecule has 3 aromatic heterocycles. The zero-order valence-corrected chi connectivity index (χ0v) is 14.5. The molecule has 0 atom stereocenters. The van der Waals surface area contributed by atoms with E-state index in [1.807, 2.05) is 22.9 Å². The fourth-order valence-corrected chi connectivity index (χ4v) is 3.66. The molecule has 1 N–H and O–H groups in total. The van der Waals surface area contributed by atoms with Crippen molar-refractivity contribution in [3.63, 3.8) is 0 Å². The standard InChI is InChI=1S/C13H6Cl3N3OS2/c14-6-4-17-11(10(16)9(6)15)12(20)19-13-18-7(5-22-13)8-2-1-3-21-8/h1-5H,(H,18,19,20). The molecule has 0 aromatic carbocycles. The van der Waals surface area contributed by atoms with E-state index in [0.29, 0.717) is 5.13 Å². The van der Waals surface area contributed by atoms with Gasteiger partial charge in [-0.25, -0.2) is 9.97 Å². The number of halogens is 3. The van der Waals surface area contributed by atoms with Crippen molar-refractivity contribution >= 4 is 68.5 Å². The normalized spacial score (nSPS) is 10.7. The van der Waals surface area contributed by atoms with Gasteiger partial charge in [0, 0.05) is 11.6 Å². The van der Waals surface area contributed by atoms with E-state index in [-0.39, 0.29) is 20.8 Å². The molecule has 9 heteroatoms. The molecule has 0 bridgehead atoms. The highest BCUT2D eigenvalue weighted by atomic mass is 35.5. The van der Waals surface area contributed by atoms with Crippen molar-refractivity contribution in [2.45, 2.75) is 0 Å². The number of carbonyl (C=O) groups is 1. The number of pyridine rings is 1. The first kappa shape index (κ1) is 15.7.